The maximum atomic E-state index is 5.30. The molecule has 0 saturated carbocycles. The maximum absolute atomic E-state index is 5.30. The fraction of sp³-hybridized carbons (Fsp3) is 0.188. The van der Waals surface area contributed by atoms with Gasteiger partial charge in [0.15, 0.2) is 0 Å². The zero-order chi connectivity index (χ0) is 15.8. The number of hydrogen-bond acceptors (Lipinski definition) is 6. The van der Waals surface area contributed by atoms with Crippen molar-refractivity contribution < 1.29 is 14.2 Å². The monoisotopic (exact) mass is 299 g/mol. The largest absolute Gasteiger partial charge is 0.497 e. The molecule has 0 aliphatic carbocycles. The molecule has 0 amide bonds. The summed E-state index contributed by atoms with van der Waals surface area (Å²) in [6.07, 6.45) is 4.93. The molecule has 6 nitrogen and oxygen atoms in total. The first-order valence-corrected chi connectivity index (χ1v) is 6.56. The zero-order valence-corrected chi connectivity index (χ0v) is 12.7. The van der Waals surface area contributed by atoms with Gasteiger partial charge in [0, 0.05) is 29.6 Å². The second-order valence-corrected chi connectivity index (χ2v) is 4.20. The van der Waals surface area contributed by atoms with E-state index < -0.39 is 0 Å². The Bertz CT molecular complexity index is 670. The van der Waals surface area contributed by atoms with Gasteiger partial charge in [0.05, 0.1) is 27.5 Å². The molecule has 0 N–H and O–H groups in total. The van der Waals surface area contributed by atoms with Gasteiger partial charge in [-0.25, -0.2) is 0 Å². The Morgan fingerprint density at radius 1 is 1.05 bits per heavy atom. The molecule has 114 valence electrons. The highest BCUT2D eigenvalue weighted by atomic mass is 16.5. The number of nitrogens with zero attached hydrogens (tertiary/aromatic N) is 3. The van der Waals surface area contributed by atoms with Crippen LogP contribution in [0.15, 0.2) is 52.9 Å². The van der Waals surface area contributed by atoms with Crippen LogP contribution in [0.3, 0.4) is 0 Å². The Hall–Kier alpha value is -2.89. The molecule has 1 aromatic carbocycles. The average molecular weight is 299 g/mol. The van der Waals surface area contributed by atoms with Crippen molar-refractivity contribution in [2.45, 2.75) is 0 Å². The second-order valence-electron chi connectivity index (χ2n) is 4.20. The predicted octanol–water partition coefficient (Wildman–Crippen LogP) is 2.53. The van der Waals surface area contributed by atoms with E-state index in [0.29, 0.717) is 17.4 Å². The van der Waals surface area contributed by atoms with Crippen molar-refractivity contribution in [2.24, 2.45) is 10.2 Å². The molecule has 0 bridgehead atoms. The van der Waals surface area contributed by atoms with E-state index in [2.05, 4.69) is 15.2 Å². The molecule has 0 aliphatic heterocycles. The van der Waals surface area contributed by atoms with Crippen LogP contribution in [0.2, 0.25) is 0 Å². The lowest BCUT2D eigenvalue weighted by molar-refractivity contribution is 0.394. The Kier molecular flexibility index (Phi) is 5.48. The molecular formula is C16H17N3O3. The molecule has 0 saturated heterocycles. The zero-order valence-electron chi connectivity index (χ0n) is 12.7. The van der Waals surface area contributed by atoms with Crippen LogP contribution in [-0.4, -0.2) is 38.4 Å². The van der Waals surface area contributed by atoms with Crippen molar-refractivity contribution in [2.75, 3.05) is 21.3 Å². The molecule has 0 unspecified atom stereocenters. The van der Waals surface area contributed by atoms with E-state index in [1.807, 2.05) is 12.1 Å². The number of pyridine rings is 1. The van der Waals surface area contributed by atoms with Crippen LogP contribution in [0.25, 0.3) is 0 Å². The number of benzene rings is 1. The van der Waals surface area contributed by atoms with Crippen molar-refractivity contribution in [1.82, 2.24) is 4.98 Å². The first kappa shape index (κ1) is 15.5. The molecule has 0 radical (unpaired) electrons. The Morgan fingerprint density at radius 2 is 1.82 bits per heavy atom. The molecule has 0 atom stereocenters. The molecule has 2 aromatic rings. The number of aromatic nitrogens is 1. The Labute approximate surface area is 129 Å². The van der Waals surface area contributed by atoms with Gasteiger partial charge in [-0.15, -0.1) is 5.10 Å². The highest BCUT2D eigenvalue weighted by Gasteiger charge is 2.04. The van der Waals surface area contributed by atoms with E-state index >= 15 is 0 Å². The smallest absolute Gasteiger partial charge is 0.240 e. The lowest BCUT2D eigenvalue weighted by Crippen LogP contribution is -2.02. The summed E-state index contributed by atoms with van der Waals surface area (Å²) in [4.78, 5) is 3.95. The van der Waals surface area contributed by atoms with Crippen LogP contribution in [-0.2, 0) is 4.74 Å². The van der Waals surface area contributed by atoms with E-state index in [0.717, 1.165) is 11.1 Å². The van der Waals surface area contributed by atoms with Crippen molar-refractivity contribution in [3.63, 3.8) is 0 Å². The lowest BCUT2D eigenvalue weighted by Gasteiger charge is -2.06. The highest BCUT2D eigenvalue weighted by Crippen LogP contribution is 2.23. The SMILES string of the molecule is CO/C(=N/N=C/c1ccc(OC)cc1OC)c1ccncc1. The van der Waals surface area contributed by atoms with E-state index in [4.69, 9.17) is 14.2 Å². The molecule has 6 heteroatoms. The average Bonchev–Trinajstić information content (AvgIpc) is 2.59. The molecule has 2 rings (SSSR count). The standard InChI is InChI=1S/C16H17N3O3/c1-20-14-5-4-13(15(10-14)21-2)11-18-19-16(22-3)12-6-8-17-9-7-12/h4-11H,1-3H3/b18-11+,19-16+. The van der Waals surface area contributed by atoms with Crippen molar-refractivity contribution in [3.05, 3.63) is 53.9 Å². The van der Waals surface area contributed by atoms with Crippen LogP contribution in [0.1, 0.15) is 11.1 Å². The summed E-state index contributed by atoms with van der Waals surface area (Å²) in [6, 6.07) is 9.05. The predicted molar refractivity (Wildman–Crippen MR) is 84.9 cm³/mol. The highest BCUT2D eigenvalue weighted by molar-refractivity contribution is 5.94. The number of hydrogen-bond donors (Lipinski definition) is 0. The van der Waals surface area contributed by atoms with Gasteiger partial charge in [0.1, 0.15) is 11.5 Å². The molecule has 1 heterocycles. The van der Waals surface area contributed by atoms with E-state index in [1.54, 1.807) is 58.1 Å². The number of methoxy groups -OCH3 is 3. The van der Waals surface area contributed by atoms with Gasteiger partial charge in [-0.1, -0.05) is 0 Å². The van der Waals surface area contributed by atoms with Gasteiger partial charge in [-0.05, 0) is 24.3 Å². The summed E-state index contributed by atoms with van der Waals surface area (Å²) in [5, 5.41) is 8.13. The molecule has 1 aromatic heterocycles. The summed E-state index contributed by atoms with van der Waals surface area (Å²) in [5.74, 6) is 1.78. The third kappa shape index (κ3) is 3.82. The fourth-order valence-electron chi connectivity index (χ4n) is 1.78. The van der Waals surface area contributed by atoms with Crippen LogP contribution in [0, 0.1) is 0 Å². The van der Waals surface area contributed by atoms with Crippen LogP contribution < -0.4 is 9.47 Å². The topological polar surface area (TPSA) is 65.3 Å². The molecule has 0 aliphatic rings. The second kappa shape index (κ2) is 7.78. The summed E-state index contributed by atoms with van der Waals surface area (Å²) in [5.41, 5.74) is 1.59. The Morgan fingerprint density at radius 3 is 2.45 bits per heavy atom. The first-order valence-electron chi connectivity index (χ1n) is 6.56. The summed E-state index contributed by atoms with van der Waals surface area (Å²) in [7, 11) is 4.74. The summed E-state index contributed by atoms with van der Waals surface area (Å²) < 4.78 is 15.7. The minimum absolute atomic E-state index is 0.408. The molecule has 22 heavy (non-hydrogen) atoms. The quantitative estimate of drug-likeness (QED) is 0.483. The van der Waals surface area contributed by atoms with Gasteiger partial charge < -0.3 is 14.2 Å². The van der Waals surface area contributed by atoms with E-state index in [-0.39, 0.29) is 0 Å². The first-order chi connectivity index (χ1) is 10.8. The minimum atomic E-state index is 0.408. The van der Waals surface area contributed by atoms with Gasteiger partial charge >= 0.3 is 0 Å². The Balaban J connectivity index is 2.22. The third-order valence-corrected chi connectivity index (χ3v) is 2.91. The minimum Gasteiger partial charge on any atom is -0.497 e. The van der Waals surface area contributed by atoms with E-state index in [1.165, 1.54) is 0 Å². The van der Waals surface area contributed by atoms with Crippen molar-refractivity contribution in [1.29, 1.82) is 0 Å². The fourth-order valence-corrected chi connectivity index (χ4v) is 1.78. The number of rotatable bonds is 5. The van der Waals surface area contributed by atoms with Gasteiger partial charge in [0.25, 0.3) is 0 Å². The molecular weight excluding hydrogens is 282 g/mol. The van der Waals surface area contributed by atoms with Crippen LogP contribution in [0.5, 0.6) is 11.5 Å². The van der Waals surface area contributed by atoms with E-state index in [9.17, 15) is 0 Å². The lowest BCUT2D eigenvalue weighted by atomic mass is 10.2. The van der Waals surface area contributed by atoms with Crippen LogP contribution >= 0.6 is 0 Å². The maximum Gasteiger partial charge on any atom is 0.240 e. The summed E-state index contributed by atoms with van der Waals surface area (Å²) >= 11 is 0. The van der Waals surface area contributed by atoms with Gasteiger partial charge in [-0.3, -0.25) is 4.98 Å². The number of ether oxygens (including phenoxy) is 3. The van der Waals surface area contributed by atoms with Crippen LogP contribution in [0.4, 0.5) is 0 Å². The van der Waals surface area contributed by atoms with Crippen molar-refractivity contribution >= 4 is 12.1 Å². The van der Waals surface area contributed by atoms with Gasteiger partial charge in [0.2, 0.25) is 5.90 Å². The van der Waals surface area contributed by atoms with Crippen molar-refractivity contribution in [3.8, 4) is 11.5 Å². The van der Waals surface area contributed by atoms with Gasteiger partial charge in [-0.2, -0.15) is 5.10 Å². The summed E-state index contributed by atoms with van der Waals surface area (Å²) in [6.45, 7) is 0. The normalized spacial score (nSPS) is 11.5. The molecule has 0 fully saturated rings. The third-order valence-electron chi connectivity index (χ3n) is 2.91. The molecule has 0 spiro atoms.